The molecule has 0 fully saturated rings. The number of benzene rings is 1. The van der Waals surface area contributed by atoms with Crippen molar-refractivity contribution < 1.29 is 4.79 Å². The van der Waals surface area contributed by atoms with Crippen molar-refractivity contribution in [3.05, 3.63) is 66.5 Å². The van der Waals surface area contributed by atoms with Gasteiger partial charge in [0.25, 0.3) is 0 Å². The molecule has 0 radical (unpaired) electrons. The molecule has 0 saturated carbocycles. The van der Waals surface area contributed by atoms with E-state index in [2.05, 4.69) is 16.6 Å². The third-order valence-electron chi connectivity index (χ3n) is 3.17. The topological polar surface area (TPSA) is 71.9 Å². The Labute approximate surface area is 121 Å². The first-order valence-electron chi connectivity index (χ1n) is 6.50. The van der Waals surface area contributed by atoms with Gasteiger partial charge in [-0.05, 0) is 23.8 Å². The molecule has 0 unspecified atom stereocenters. The van der Waals surface area contributed by atoms with Gasteiger partial charge < -0.3 is 10.1 Å². The molecule has 3 aromatic rings. The SMILES string of the molecule is NC(=O)N/N=C\c1c(-c2ccccc2)cc2ccccn12. The number of nitrogens with zero attached hydrogens (tertiary/aromatic N) is 2. The molecular weight excluding hydrogens is 264 g/mol. The second-order valence-electron chi connectivity index (χ2n) is 4.54. The van der Waals surface area contributed by atoms with Crippen LogP contribution in [0.3, 0.4) is 0 Å². The van der Waals surface area contributed by atoms with Crippen LogP contribution in [0, 0.1) is 0 Å². The van der Waals surface area contributed by atoms with Gasteiger partial charge in [0.15, 0.2) is 0 Å². The van der Waals surface area contributed by atoms with Gasteiger partial charge in [0, 0.05) is 17.3 Å². The van der Waals surface area contributed by atoms with Crippen LogP contribution in [0.15, 0.2) is 65.9 Å². The summed E-state index contributed by atoms with van der Waals surface area (Å²) < 4.78 is 2.01. The minimum Gasteiger partial charge on any atom is -0.350 e. The number of urea groups is 1. The molecule has 0 aliphatic rings. The van der Waals surface area contributed by atoms with Crippen molar-refractivity contribution in [2.75, 3.05) is 0 Å². The molecule has 2 heterocycles. The number of hydrogen-bond donors (Lipinski definition) is 2. The van der Waals surface area contributed by atoms with Crippen LogP contribution in [-0.2, 0) is 0 Å². The largest absolute Gasteiger partial charge is 0.350 e. The molecule has 3 rings (SSSR count). The van der Waals surface area contributed by atoms with Crippen molar-refractivity contribution in [3.63, 3.8) is 0 Å². The van der Waals surface area contributed by atoms with Crippen molar-refractivity contribution >= 4 is 17.8 Å². The van der Waals surface area contributed by atoms with E-state index in [9.17, 15) is 4.79 Å². The molecule has 0 aliphatic heterocycles. The Balaban J connectivity index is 2.14. The summed E-state index contributed by atoms with van der Waals surface area (Å²) in [5.74, 6) is 0. The summed E-state index contributed by atoms with van der Waals surface area (Å²) >= 11 is 0. The monoisotopic (exact) mass is 278 g/mol. The highest BCUT2D eigenvalue weighted by Gasteiger charge is 2.09. The Kier molecular flexibility index (Phi) is 3.39. The van der Waals surface area contributed by atoms with Crippen LogP contribution in [-0.4, -0.2) is 16.6 Å². The molecule has 2 aromatic heterocycles. The van der Waals surface area contributed by atoms with Crippen LogP contribution >= 0.6 is 0 Å². The summed E-state index contributed by atoms with van der Waals surface area (Å²) in [5.41, 5.74) is 11.3. The van der Waals surface area contributed by atoms with Crippen LogP contribution in [0.4, 0.5) is 4.79 Å². The third-order valence-corrected chi connectivity index (χ3v) is 3.17. The van der Waals surface area contributed by atoms with Gasteiger partial charge in [0.05, 0.1) is 11.9 Å². The zero-order chi connectivity index (χ0) is 14.7. The fourth-order valence-electron chi connectivity index (χ4n) is 2.28. The number of hydrazone groups is 1. The number of primary amides is 1. The molecular formula is C16H14N4O. The van der Waals surface area contributed by atoms with Crippen molar-refractivity contribution in [2.24, 2.45) is 10.8 Å². The molecule has 1 aromatic carbocycles. The summed E-state index contributed by atoms with van der Waals surface area (Å²) in [6.07, 6.45) is 3.55. The number of aromatic nitrogens is 1. The maximum absolute atomic E-state index is 10.7. The third kappa shape index (κ3) is 2.62. The number of nitrogens with one attached hydrogen (secondary N) is 1. The molecule has 2 amide bonds. The molecule has 5 nitrogen and oxygen atoms in total. The smallest absolute Gasteiger partial charge is 0.332 e. The van der Waals surface area contributed by atoms with Gasteiger partial charge in [0.1, 0.15) is 0 Å². The van der Waals surface area contributed by atoms with Gasteiger partial charge in [-0.25, -0.2) is 10.2 Å². The average molecular weight is 278 g/mol. The van der Waals surface area contributed by atoms with E-state index in [1.807, 2.05) is 59.1 Å². The Morgan fingerprint density at radius 2 is 1.90 bits per heavy atom. The molecule has 5 heteroatoms. The molecule has 0 bridgehead atoms. The number of nitrogens with two attached hydrogens (primary N) is 1. The predicted molar refractivity (Wildman–Crippen MR) is 83.1 cm³/mol. The zero-order valence-corrected chi connectivity index (χ0v) is 11.2. The van der Waals surface area contributed by atoms with Gasteiger partial charge in [-0.3, -0.25) is 0 Å². The first-order chi connectivity index (χ1) is 10.3. The number of hydrogen-bond acceptors (Lipinski definition) is 2. The number of fused-ring (bicyclic) bond motifs is 1. The van der Waals surface area contributed by atoms with Gasteiger partial charge in [0.2, 0.25) is 0 Å². The Hall–Kier alpha value is -3.08. The normalized spacial score (nSPS) is 11.0. The van der Waals surface area contributed by atoms with E-state index >= 15 is 0 Å². The van der Waals surface area contributed by atoms with Gasteiger partial charge in [-0.2, -0.15) is 5.10 Å². The highest BCUT2D eigenvalue weighted by Crippen LogP contribution is 2.26. The van der Waals surface area contributed by atoms with Gasteiger partial charge in [-0.15, -0.1) is 0 Å². The minimum atomic E-state index is -0.687. The molecule has 0 atom stereocenters. The van der Waals surface area contributed by atoms with Crippen molar-refractivity contribution in [3.8, 4) is 11.1 Å². The van der Waals surface area contributed by atoms with E-state index in [-0.39, 0.29) is 0 Å². The zero-order valence-electron chi connectivity index (χ0n) is 11.2. The Morgan fingerprint density at radius 1 is 1.14 bits per heavy atom. The van der Waals surface area contributed by atoms with Crippen molar-refractivity contribution in [1.29, 1.82) is 0 Å². The summed E-state index contributed by atoms with van der Waals surface area (Å²) in [5, 5.41) is 3.88. The van der Waals surface area contributed by atoms with Gasteiger partial charge in [-0.1, -0.05) is 36.4 Å². The highest BCUT2D eigenvalue weighted by atomic mass is 16.2. The van der Waals surface area contributed by atoms with Crippen molar-refractivity contribution in [2.45, 2.75) is 0 Å². The van der Waals surface area contributed by atoms with E-state index in [4.69, 9.17) is 5.73 Å². The van der Waals surface area contributed by atoms with Crippen LogP contribution in [0.1, 0.15) is 5.69 Å². The first-order valence-corrected chi connectivity index (χ1v) is 6.50. The van der Waals surface area contributed by atoms with Crippen LogP contribution < -0.4 is 11.2 Å². The van der Waals surface area contributed by atoms with E-state index in [1.165, 1.54) is 0 Å². The van der Waals surface area contributed by atoms with E-state index in [0.29, 0.717) is 0 Å². The number of pyridine rings is 1. The predicted octanol–water partition coefficient (Wildman–Crippen LogP) is 2.61. The lowest BCUT2D eigenvalue weighted by atomic mass is 10.1. The molecule has 3 N–H and O–H groups in total. The first kappa shape index (κ1) is 12.9. The number of carbonyl (C=O) groups is 1. The number of carbonyl (C=O) groups excluding carboxylic acids is 1. The highest BCUT2D eigenvalue weighted by molar-refractivity contribution is 5.92. The number of amides is 2. The van der Waals surface area contributed by atoms with E-state index in [1.54, 1.807) is 6.21 Å². The summed E-state index contributed by atoms with van der Waals surface area (Å²) in [7, 11) is 0. The van der Waals surface area contributed by atoms with Gasteiger partial charge >= 0.3 is 6.03 Å². The second-order valence-corrected chi connectivity index (χ2v) is 4.54. The second kappa shape index (κ2) is 5.50. The fraction of sp³-hybridized carbons (Fsp3) is 0. The molecule has 104 valence electrons. The minimum absolute atomic E-state index is 0.687. The fourth-order valence-corrected chi connectivity index (χ4v) is 2.28. The summed E-state index contributed by atoms with van der Waals surface area (Å²) in [4.78, 5) is 10.7. The molecule has 0 aliphatic carbocycles. The van der Waals surface area contributed by atoms with Crippen LogP contribution in [0.2, 0.25) is 0 Å². The van der Waals surface area contributed by atoms with E-state index < -0.39 is 6.03 Å². The van der Waals surface area contributed by atoms with Crippen LogP contribution in [0.25, 0.3) is 16.6 Å². The lowest BCUT2D eigenvalue weighted by Crippen LogP contribution is -2.24. The standard InChI is InChI=1S/C16H14N4O/c17-16(21)19-18-11-15-14(12-6-2-1-3-7-12)10-13-8-4-5-9-20(13)15/h1-11H,(H3,17,19,21)/b18-11-. The number of rotatable bonds is 3. The molecule has 0 spiro atoms. The maximum Gasteiger partial charge on any atom is 0.332 e. The average Bonchev–Trinajstić information content (AvgIpc) is 2.87. The lowest BCUT2D eigenvalue weighted by molar-refractivity contribution is 0.249. The molecule has 21 heavy (non-hydrogen) atoms. The molecule has 0 saturated heterocycles. The van der Waals surface area contributed by atoms with Crippen molar-refractivity contribution in [1.82, 2.24) is 9.83 Å². The lowest BCUT2D eigenvalue weighted by Gasteiger charge is -2.02. The Morgan fingerprint density at radius 3 is 2.67 bits per heavy atom. The van der Waals surface area contributed by atoms with Crippen LogP contribution in [0.5, 0.6) is 0 Å². The summed E-state index contributed by atoms with van der Waals surface area (Å²) in [6.45, 7) is 0. The summed E-state index contributed by atoms with van der Waals surface area (Å²) in [6, 6.07) is 17.4. The quantitative estimate of drug-likeness (QED) is 0.561. The maximum atomic E-state index is 10.7. The van der Waals surface area contributed by atoms with E-state index in [0.717, 1.165) is 22.3 Å². The Bertz CT molecular complexity index is 806.